The van der Waals surface area contributed by atoms with E-state index in [0.29, 0.717) is 12.2 Å². The zero-order chi connectivity index (χ0) is 7.28. The van der Waals surface area contributed by atoms with Gasteiger partial charge in [-0.3, -0.25) is 0 Å². The number of thiol groups is 1. The molecule has 0 aliphatic heterocycles. The van der Waals surface area contributed by atoms with Crippen molar-refractivity contribution >= 4 is 18.8 Å². The van der Waals surface area contributed by atoms with Crippen molar-refractivity contribution < 1.29 is 14.6 Å². The molecule has 0 aromatic carbocycles. The highest BCUT2D eigenvalue weighted by Gasteiger charge is 2.07. The molecule has 1 N–H and O–H groups in total. The van der Waals surface area contributed by atoms with Gasteiger partial charge in [0.05, 0.1) is 0 Å². The third kappa shape index (κ3) is 4.14. The summed E-state index contributed by atoms with van der Waals surface area (Å²) in [6, 6.07) is 0. The van der Waals surface area contributed by atoms with Gasteiger partial charge in [-0.1, -0.05) is 6.92 Å². The smallest absolute Gasteiger partial charge is 0.450 e. The molecular formula is C5H10O3S. The van der Waals surface area contributed by atoms with Crippen LogP contribution in [-0.4, -0.2) is 23.1 Å². The topological polar surface area (TPSA) is 46.5 Å². The first-order chi connectivity index (χ1) is 4.20. The predicted octanol–water partition coefficient (Wildman–Crippen LogP) is 1.39. The molecule has 0 saturated carbocycles. The van der Waals surface area contributed by atoms with Crippen molar-refractivity contribution in [2.45, 2.75) is 19.4 Å². The zero-order valence-electron chi connectivity index (χ0n) is 5.20. The summed E-state index contributed by atoms with van der Waals surface area (Å²) in [5.74, 6) is 0.447. The molecule has 1 unspecified atom stereocenters. The Kier molecular flexibility index (Phi) is 4.30. The van der Waals surface area contributed by atoms with Crippen molar-refractivity contribution in [3.05, 3.63) is 0 Å². The lowest BCUT2D eigenvalue weighted by atomic mass is 10.3. The molecule has 1 atom stereocenters. The molecule has 54 valence electrons. The second-order valence-corrected chi connectivity index (χ2v) is 1.96. The maximum Gasteiger partial charge on any atom is 0.506 e. The maximum absolute atomic E-state index is 9.87. The molecule has 0 bridgehead atoms. The summed E-state index contributed by atoms with van der Waals surface area (Å²) >= 11 is 3.88. The van der Waals surface area contributed by atoms with Gasteiger partial charge in [-0.25, -0.2) is 4.79 Å². The fourth-order valence-corrected chi connectivity index (χ4v) is 0.725. The van der Waals surface area contributed by atoms with Gasteiger partial charge in [-0.15, -0.1) is 0 Å². The normalized spacial score (nSPS) is 12.7. The highest BCUT2D eigenvalue weighted by atomic mass is 32.1. The third-order valence-electron chi connectivity index (χ3n) is 0.926. The van der Waals surface area contributed by atoms with Crippen LogP contribution in [0.5, 0.6) is 0 Å². The molecule has 0 heterocycles. The largest absolute Gasteiger partial charge is 0.506 e. The Morgan fingerprint density at radius 1 is 1.89 bits per heavy atom. The molecule has 0 rings (SSSR count). The van der Waals surface area contributed by atoms with E-state index in [0.717, 1.165) is 0 Å². The van der Waals surface area contributed by atoms with Crippen LogP contribution in [0, 0.1) is 0 Å². The average Bonchev–Trinajstić information content (AvgIpc) is 1.82. The Hall–Kier alpha value is -0.380. The van der Waals surface area contributed by atoms with Gasteiger partial charge in [0.25, 0.3) is 0 Å². The van der Waals surface area contributed by atoms with Gasteiger partial charge in [0.15, 0.2) is 0 Å². The minimum absolute atomic E-state index is 0.258. The molecule has 9 heavy (non-hydrogen) atoms. The van der Waals surface area contributed by atoms with Crippen LogP contribution in [0.1, 0.15) is 13.3 Å². The van der Waals surface area contributed by atoms with Crippen LogP contribution in [0.3, 0.4) is 0 Å². The zero-order valence-corrected chi connectivity index (χ0v) is 6.10. The fourth-order valence-electron chi connectivity index (χ4n) is 0.392. The second kappa shape index (κ2) is 4.49. The fraction of sp³-hybridized carbons (Fsp3) is 0.800. The van der Waals surface area contributed by atoms with Gasteiger partial charge in [0.2, 0.25) is 0 Å². The van der Waals surface area contributed by atoms with Crippen molar-refractivity contribution in [2.75, 3.05) is 5.75 Å². The van der Waals surface area contributed by atoms with E-state index in [1.165, 1.54) is 0 Å². The summed E-state index contributed by atoms with van der Waals surface area (Å²) in [5, 5.41) is 8.09. The molecule has 4 heteroatoms. The van der Waals surface area contributed by atoms with Crippen molar-refractivity contribution in [3.63, 3.8) is 0 Å². The Morgan fingerprint density at radius 3 is 2.56 bits per heavy atom. The molecule has 0 aromatic rings. The van der Waals surface area contributed by atoms with Gasteiger partial charge < -0.3 is 9.84 Å². The number of ether oxygens (including phenoxy) is 1. The molecule has 0 radical (unpaired) electrons. The third-order valence-corrected chi connectivity index (χ3v) is 1.33. The lowest BCUT2D eigenvalue weighted by Crippen LogP contribution is -2.17. The van der Waals surface area contributed by atoms with E-state index in [1.54, 1.807) is 0 Å². The van der Waals surface area contributed by atoms with Crippen molar-refractivity contribution in [1.82, 2.24) is 0 Å². The molecule has 0 aromatic heterocycles. The SMILES string of the molecule is CCC(CS)OC(=O)O. The molecule has 0 spiro atoms. The highest BCUT2D eigenvalue weighted by Crippen LogP contribution is 1.99. The maximum atomic E-state index is 9.87. The van der Waals surface area contributed by atoms with E-state index in [9.17, 15) is 4.79 Å². The van der Waals surface area contributed by atoms with Gasteiger partial charge in [-0.2, -0.15) is 12.6 Å². The van der Waals surface area contributed by atoms with Crippen LogP contribution in [0.15, 0.2) is 0 Å². The van der Waals surface area contributed by atoms with E-state index in [-0.39, 0.29) is 6.10 Å². The Labute approximate surface area is 59.4 Å². The van der Waals surface area contributed by atoms with E-state index in [4.69, 9.17) is 5.11 Å². The van der Waals surface area contributed by atoms with Crippen LogP contribution < -0.4 is 0 Å². The standard InChI is InChI=1S/C5H10O3S/c1-2-4(3-9)8-5(6)7/h4,9H,2-3H2,1H3,(H,6,7). The minimum Gasteiger partial charge on any atom is -0.450 e. The minimum atomic E-state index is -1.23. The molecule has 0 amide bonds. The summed E-state index contributed by atoms with van der Waals surface area (Å²) in [6.07, 6.45) is -0.808. The first kappa shape index (κ1) is 8.62. The first-order valence-corrected chi connectivity index (χ1v) is 3.34. The summed E-state index contributed by atoms with van der Waals surface area (Å²) in [6.45, 7) is 1.85. The van der Waals surface area contributed by atoms with Crippen molar-refractivity contribution in [2.24, 2.45) is 0 Å². The molecule has 0 fully saturated rings. The molecular weight excluding hydrogens is 140 g/mol. The lowest BCUT2D eigenvalue weighted by molar-refractivity contribution is 0.0596. The van der Waals surface area contributed by atoms with E-state index >= 15 is 0 Å². The van der Waals surface area contributed by atoms with E-state index in [1.807, 2.05) is 6.92 Å². The number of hydrogen-bond donors (Lipinski definition) is 2. The summed E-state index contributed by atoms with van der Waals surface area (Å²) < 4.78 is 4.39. The van der Waals surface area contributed by atoms with Crippen LogP contribution >= 0.6 is 12.6 Å². The van der Waals surface area contributed by atoms with Gasteiger partial charge in [0, 0.05) is 5.75 Å². The number of hydrogen-bond acceptors (Lipinski definition) is 3. The predicted molar refractivity (Wildman–Crippen MR) is 37.0 cm³/mol. The number of carbonyl (C=O) groups is 1. The van der Waals surface area contributed by atoms with Gasteiger partial charge in [-0.05, 0) is 6.42 Å². The van der Waals surface area contributed by atoms with Gasteiger partial charge in [0.1, 0.15) is 6.10 Å². The average molecular weight is 150 g/mol. The van der Waals surface area contributed by atoms with Gasteiger partial charge >= 0.3 is 6.16 Å². The van der Waals surface area contributed by atoms with Crippen LogP contribution in [0.25, 0.3) is 0 Å². The van der Waals surface area contributed by atoms with Crippen molar-refractivity contribution in [3.8, 4) is 0 Å². The van der Waals surface area contributed by atoms with Crippen molar-refractivity contribution in [1.29, 1.82) is 0 Å². The summed E-state index contributed by atoms with van der Waals surface area (Å²) in [4.78, 5) is 9.87. The molecule has 0 aliphatic rings. The van der Waals surface area contributed by atoms with Crippen LogP contribution in [-0.2, 0) is 4.74 Å². The number of carboxylic acid groups (broad SMARTS) is 1. The molecule has 0 saturated heterocycles. The quantitative estimate of drug-likeness (QED) is 0.472. The summed E-state index contributed by atoms with van der Waals surface area (Å²) in [7, 11) is 0. The monoisotopic (exact) mass is 150 g/mol. The van der Waals surface area contributed by atoms with Crippen LogP contribution in [0.4, 0.5) is 4.79 Å². The van der Waals surface area contributed by atoms with E-state index in [2.05, 4.69) is 17.4 Å². The summed E-state index contributed by atoms with van der Waals surface area (Å²) in [5.41, 5.74) is 0. The molecule has 0 aliphatic carbocycles. The highest BCUT2D eigenvalue weighted by molar-refractivity contribution is 7.80. The first-order valence-electron chi connectivity index (χ1n) is 2.71. The van der Waals surface area contributed by atoms with Crippen LogP contribution in [0.2, 0.25) is 0 Å². The Balaban J connectivity index is 3.43. The second-order valence-electron chi connectivity index (χ2n) is 1.60. The Bertz CT molecular complexity index is 90.2. The Morgan fingerprint density at radius 2 is 2.44 bits per heavy atom. The lowest BCUT2D eigenvalue weighted by Gasteiger charge is -2.08. The van der Waals surface area contributed by atoms with E-state index < -0.39 is 6.16 Å². The molecule has 3 nitrogen and oxygen atoms in total. The number of rotatable bonds is 3.